The summed E-state index contributed by atoms with van der Waals surface area (Å²) >= 11 is 7.31. The van der Waals surface area contributed by atoms with Crippen LogP contribution in [-0.4, -0.2) is 13.1 Å². The Hall–Kier alpha value is -0.990. The predicted octanol–water partition coefficient (Wildman–Crippen LogP) is 2.40. The van der Waals surface area contributed by atoms with E-state index in [9.17, 15) is 4.79 Å². The molecule has 3 nitrogen and oxygen atoms in total. The van der Waals surface area contributed by atoms with Crippen LogP contribution >= 0.6 is 28.6 Å². The third-order valence-corrected chi connectivity index (χ3v) is 3.13. The number of rotatable bonds is 1. The maximum atomic E-state index is 11.3. The van der Waals surface area contributed by atoms with Gasteiger partial charge in [-0.05, 0) is 28.1 Å². The number of benzene rings is 1. The molecule has 0 atom stereocenters. The molecule has 0 radical (unpaired) electrons. The summed E-state index contributed by atoms with van der Waals surface area (Å²) in [5, 5.41) is 8.77. The molecule has 0 heterocycles. The van der Waals surface area contributed by atoms with Gasteiger partial charge < -0.3 is 4.74 Å². The van der Waals surface area contributed by atoms with Gasteiger partial charge in [0.2, 0.25) is 0 Å². The van der Waals surface area contributed by atoms with Gasteiger partial charge in [-0.2, -0.15) is 5.26 Å². The van der Waals surface area contributed by atoms with Crippen molar-refractivity contribution in [3.8, 4) is 6.07 Å². The highest BCUT2D eigenvalue weighted by Crippen LogP contribution is 2.28. The van der Waals surface area contributed by atoms with Crippen LogP contribution in [-0.2, 0) is 4.74 Å². The Kier molecular flexibility index (Phi) is 3.55. The highest BCUT2D eigenvalue weighted by molar-refractivity contribution is 9.10. The van der Waals surface area contributed by atoms with Crippen molar-refractivity contribution in [1.82, 2.24) is 0 Å². The average Bonchev–Trinajstić information content (AvgIpc) is 2.20. The van der Waals surface area contributed by atoms with Crippen molar-refractivity contribution < 1.29 is 9.53 Å². The number of carbonyl (C=O) groups is 1. The van der Waals surface area contributed by atoms with E-state index in [4.69, 9.17) is 5.26 Å². The number of methoxy groups -OCH3 is 1. The van der Waals surface area contributed by atoms with Crippen LogP contribution in [0.4, 0.5) is 0 Å². The maximum absolute atomic E-state index is 11.3. The third-order valence-electron chi connectivity index (χ3n) is 1.63. The molecular weight excluding hydrogens is 266 g/mol. The molecule has 0 aromatic heterocycles. The molecule has 0 bridgehead atoms. The monoisotopic (exact) mass is 271 g/mol. The highest BCUT2D eigenvalue weighted by atomic mass is 79.9. The number of esters is 1. The van der Waals surface area contributed by atoms with Gasteiger partial charge in [-0.15, -0.1) is 12.6 Å². The van der Waals surface area contributed by atoms with Gasteiger partial charge in [0.1, 0.15) is 6.07 Å². The second-order valence-corrected chi connectivity index (χ2v) is 3.70. The first kappa shape index (κ1) is 11.1. The van der Waals surface area contributed by atoms with Gasteiger partial charge >= 0.3 is 5.97 Å². The minimum atomic E-state index is -0.552. The van der Waals surface area contributed by atoms with E-state index in [-0.39, 0.29) is 11.1 Å². The quantitative estimate of drug-likeness (QED) is 0.630. The largest absolute Gasteiger partial charge is 0.465 e. The van der Waals surface area contributed by atoms with Gasteiger partial charge in [0, 0.05) is 9.37 Å². The summed E-state index contributed by atoms with van der Waals surface area (Å²) < 4.78 is 5.04. The Labute approximate surface area is 95.2 Å². The standard InChI is InChI=1S/C9H6BrNO2S/c1-13-9(12)7-5(4-11)2-3-6(14)8(7)10/h2-3,14H,1H3. The molecule has 0 saturated heterocycles. The molecule has 5 heteroatoms. The highest BCUT2D eigenvalue weighted by Gasteiger charge is 2.17. The lowest BCUT2D eigenvalue weighted by atomic mass is 10.1. The smallest absolute Gasteiger partial charge is 0.340 e. The van der Waals surface area contributed by atoms with Gasteiger partial charge in [-0.1, -0.05) is 0 Å². The number of ether oxygens (including phenoxy) is 1. The van der Waals surface area contributed by atoms with E-state index in [2.05, 4.69) is 33.3 Å². The number of thiol groups is 1. The molecule has 0 aliphatic rings. The second-order valence-electron chi connectivity index (χ2n) is 2.42. The molecule has 1 rings (SSSR count). The molecule has 0 aliphatic carbocycles. The van der Waals surface area contributed by atoms with E-state index in [1.807, 2.05) is 6.07 Å². The number of hydrogen-bond acceptors (Lipinski definition) is 4. The topological polar surface area (TPSA) is 50.1 Å². The van der Waals surface area contributed by atoms with Gasteiger partial charge in [-0.25, -0.2) is 4.79 Å². The van der Waals surface area contributed by atoms with Crippen molar-refractivity contribution in [2.24, 2.45) is 0 Å². The van der Waals surface area contributed by atoms with Crippen LogP contribution in [0.3, 0.4) is 0 Å². The lowest BCUT2D eigenvalue weighted by Crippen LogP contribution is -2.05. The van der Waals surface area contributed by atoms with E-state index in [0.29, 0.717) is 9.37 Å². The van der Waals surface area contributed by atoms with Crippen molar-refractivity contribution in [3.63, 3.8) is 0 Å². The lowest BCUT2D eigenvalue weighted by molar-refractivity contribution is 0.0599. The van der Waals surface area contributed by atoms with E-state index < -0.39 is 5.97 Å². The Morgan fingerprint density at radius 2 is 2.29 bits per heavy atom. The fourth-order valence-electron chi connectivity index (χ4n) is 0.960. The fourth-order valence-corrected chi connectivity index (χ4v) is 1.65. The van der Waals surface area contributed by atoms with Crippen LogP contribution in [0.25, 0.3) is 0 Å². The average molecular weight is 272 g/mol. The van der Waals surface area contributed by atoms with Crippen molar-refractivity contribution in [2.75, 3.05) is 7.11 Å². The first-order chi connectivity index (χ1) is 6.61. The number of halogens is 1. The summed E-state index contributed by atoms with van der Waals surface area (Å²) in [5.41, 5.74) is 0.476. The first-order valence-electron chi connectivity index (χ1n) is 3.61. The molecule has 1 aromatic rings. The van der Waals surface area contributed by atoms with Crippen LogP contribution in [0, 0.1) is 11.3 Å². The van der Waals surface area contributed by atoms with Crippen molar-refractivity contribution >= 4 is 34.5 Å². The van der Waals surface area contributed by atoms with E-state index in [0.717, 1.165) is 0 Å². The molecule has 72 valence electrons. The summed E-state index contributed by atoms with van der Waals surface area (Å²) in [5.74, 6) is -0.552. The number of nitrogens with zero attached hydrogens (tertiary/aromatic N) is 1. The Bertz CT molecular complexity index is 426. The van der Waals surface area contributed by atoms with Crippen molar-refractivity contribution in [3.05, 3.63) is 27.7 Å². The normalized spacial score (nSPS) is 9.29. The molecule has 0 unspecified atom stereocenters. The van der Waals surface area contributed by atoms with Gasteiger partial charge in [0.25, 0.3) is 0 Å². The Morgan fingerprint density at radius 1 is 1.64 bits per heavy atom. The van der Waals surface area contributed by atoms with E-state index >= 15 is 0 Å². The van der Waals surface area contributed by atoms with Crippen LogP contribution in [0.5, 0.6) is 0 Å². The minimum absolute atomic E-state index is 0.211. The van der Waals surface area contributed by atoms with Crippen LogP contribution < -0.4 is 0 Å². The number of carbonyl (C=O) groups excluding carboxylic acids is 1. The van der Waals surface area contributed by atoms with Crippen molar-refractivity contribution in [1.29, 1.82) is 5.26 Å². The molecule has 14 heavy (non-hydrogen) atoms. The molecule has 0 amide bonds. The Morgan fingerprint density at radius 3 is 2.79 bits per heavy atom. The zero-order valence-corrected chi connectivity index (χ0v) is 9.72. The Balaban J connectivity index is 3.45. The predicted molar refractivity (Wildman–Crippen MR) is 57.4 cm³/mol. The van der Waals surface area contributed by atoms with Crippen molar-refractivity contribution in [2.45, 2.75) is 4.90 Å². The molecule has 0 fully saturated rings. The van der Waals surface area contributed by atoms with Gasteiger partial charge in [0.05, 0.1) is 18.2 Å². The summed E-state index contributed by atoms with van der Waals surface area (Å²) in [7, 11) is 1.26. The molecule has 0 saturated carbocycles. The summed E-state index contributed by atoms with van der Waals surface area (Å²) in [6.07, 6.45) is 0. The van der Waals surface area contributed by atoms with E-state index in [1.165, 1.54) is 13.2 Å². The molecular formula is C9H6BrNO2S. The molecule has 0 aliphatic heterocycles. The fraction of sp³-hybridized carbons (Fsp3) is 0.111. The van der Waals surface area contributed by atoms with Crippen LogP contribution in [0.1, 0.15) is 15.9 Å². The zero-order chi connectivity index (χ0) is 10.7. The number of hydrogen-bond donors (Lipinski definition) is 1. The van der Waals surface area contributed by atoms with E-state index in [1.54, 1.807) is 6.07 Å². The minimum Gasteiger partial charge on any atom is -0.465 e. The molecule has 1 aromatic carbocycles. The zero-order valence-electron chi connectivity index (χ0n) is 7.24. The summed E-state index contributed by atoms with van der Waals surface area (Å²) in [6.45, 7) is 0. The number of nitriles is 1. The van der Waals surface area contributed by atoms with Crippen LogP contribution in [0.15, 0.2) is 21.5 Å². The lowest BCUT2D eigenvalue weighted by Gasteiger charge is -2.06. The summed E-state index contributed by atoms with van der Waals surface area (Å²) in [4.78, 5) is 11.9. The van der Waals surface area contributed by atoms with Gasteiger partial charge in [0.15, 0.2) is 0 Å². The maximum Gasteiger partial charge on any atom is 0.340 e. The first-order valence-corrected chi connectivity index (χ1v) is 4.85. The second kappa shape index (κ2) is 4.49. The third kappa shape index (κ3) is 1.91. The van der Waals surface area contributed by atoms with Crippen LogP contribution in [0.2, 0.25) is 0 Å². The SMILES string of the molecule is COC(=O)c1c(C#N)ccc(S)c1Br. The summed E-state index contributed by atoms with van der Waals surface area (Å²) in [6, 6.07) is 5.08. The van der Waals surface area contributed by atoms with Gasteiger partial charge in [-0.3, -0.25) is 0 Å². The molecule has 0 spiro atoms. The molecule has 0 N–H and O–H groups in total.